The van der Waals surface area contributed by atoms with Gasteiger partial charge in [-0.3, -0.25) is 0 Å². The molecule has 0 aromatic heterocycles. The van der Waals surface area contributed by atoms with Crippen molar-refractivity contribution in [3.63, 3.8) is 0 Å². The monoisotopic (exact) mass is 143 g/mol. The summed E-state index contributed by atoms with van der Waals surface area (Å²) in [6.45, 7) is 3.68. The largest absolute Gasteiger partial charge is 0.396 e. The highest BCUT2D eigenvalue weighted by atomic mass is 16.3. The summed E-state index contributed by atoms with van der Waals surface area (Å²) in [5.74, 6) is 0.596. The van der Waals surface area contributed by atoms with Crippen LogP contribution >= 0.6 is 0 Å². The molecule has 0 radical (unpaired) electrons. The summed E-state index contributed by atoms with van der Waals surface area (Å²) in [5.41, 5.74) is 0. The van der Waals surface area contributed by atoms with Gasteiger partial charge in [0, 0.05) is 12.6 Å². The van der Waals surface area contributed by atoms with E-state index in [1.165, 1.54) is 12.8 Å². The van der Waals surface area contributed by atoms with Gasteiger partial charge >= 0.3 is 0 Å². The van der Waals surface area contributed by atoms with Gasteiger partial charge in [0.05, 0.1) is 0 Å². The molecule has 2 nitrogen and oxygen atoms in total. The van der Waals surface area contributed by atoms with Crippen LogP contribution in [0.4, 0.5) is 0 Å². The number of aliphatic hydroxyl groups excluding tert-OH is 1. The standard InChI is InChI=1S/C8H17NO/c1-3-9(2)8-4-7(5-8)6-10/h7-8,10H,3-6H2,1-2H3/t7-,8-. The Morgan fingerprint density at radius 3 is 2.50 bits per heavy atom. The average molecular weight is 143 g/mol. The number of hydrogen-bond acceptors (Lipinski definition) is 2. The SMILES string of the molecule is CCN(C)[C@H]1C[C@H](CO)C1. The quantitative estimate of drug-likeness (QED) is 0.629. The van der Waals surface area contributed by atoms with Gasteiger partial charge in [0.2, 0.25) is 0 Å². The van der Waals surface area contributed by atoms with E-state index in [4.69, 9.17) is 5.11 Å². The summed E-state index contributed by atoms with van der Waals surface area (Å²) in [5, 5.41) is 8.74. The van der Waals surface area contributed by atoms with Crippen LogP contribution in [0.1, 0.15) is 19.8 Å². The predicted octanol–water partition coefficient (Wildman–Crippen LogP) is 0.709. The topological polar surface area (TPSA) is 23.5 Å². The smallest absolute Gasteiger partial charge is 0.0460 e. The minimum Gasteiger partial charge on any atom is -0.396 e. The lowest BCUT2D eigenvalue weighted by atomic mass is 9.80. The molecule has 0 bridgehead atoms. The molecule has 1 aliphatic carbocycles. The van der Waals surface area contributed by atoms with Crippen molar-refractivity contribution in [2.75, 3.05) is 20.2 Å². The van der Waals surface area contributed by atoms with Crippen molar-refractivity contribution in [1.29, 1.82) is 0 Å². The molecule has 1 rings (SSSR count). The van der Waals surface area contributed by atoms with Crippen molar-refractivity contribution < 1.29 is 5.11 Å². The summed E-state index contributed by atoms with van der Waals surface area (Å²) in [6, 6.07) is 0.752. The van der Waals surface area contributed by atoms with Crippen LogP contribution in [0.5, 0.6) is 0 Å². The Morgan fingerprint density at radius 1 is 1.50 bits per heavy atom. The van der Waals surface area contributed by atoms with Crippen LogP contribution in [-0.2, 0) is 0 Å². The second-order valence-electron chi connectivity index (χ2n) is 3.25. The minimum atomic E-state index is 0.383. The molecule has 1 aliphatic rings. The Balaban J connectivity index is 2.13. The summed E-state index contributed by atoms with van der Waals surface area (Å²) < 4.78 is 0. The number of aliphatic hydroxyl groups is 1. The summed E-state index contributed by atoms with van der Waals surface area (Å²) in [6.07, 6.45) is 2.39. The maximum absolute atomic E-state index is 8.74. The van der Waals surface area contributed by atoms with Crippen molar-refractivity contribution in [1.82, 2.24) is 4.90 Å². The molecule has 0 spiro atoms. The Labute approximate surface area is 62.8 Å². The third-order valence-corrected chi connectivity index (χ3v) is 2.59. The van der Waals surface area contributed by atoms with Gasteiger partial charge in [-0.15, -0.1) is 0 Å². The zero-order valence-corrected chi connectivity index (χ0v) is 6.88. The van der Waals surface area contributed by atoms with E-state index in [1.54, 1.807) is 0 Å². The first kappa shape index (κ1) is 8.02. The van der Waals surface area contributed by atoms with Crippen LogP contribution in [0, 0.1) is 5.92 Å². The van der Waals surface area contributed by atoms with Gasteiger partial charge in [0.25, 0.3) is 0 Å². The first-order valence-electron chi connectivity index (χ1n) is 4.09. The summed E-state index contributed by atoms with van der Waals surface area (Å²) in [4.78, 5) is 2.35. The molecule has 0 saturated heterocycles. The van der Waals surface area contributed by atoms with Gasteiger partial charge in [-0.2, -0.15) is 0 Å². The molecule has 60 valence electrons. The zero-order chi connectivity index (χ0) is 7.56. The second kappa shape index (κ2) is 3.35. The van der Waals surface area contributed by atoms with Crippen molar-refractivity contribution in [2.45, 2.75) is 25.8 Å². The number of nitrogens with zero attached hydrogens (tertiary/aromatic N) is 1. The van der Waals surface area contributed by atoms with Gasteiger partial charge in [-0.1, -0.05) is 6.92 Å². The molecule has 1 fully saturated rings. The minimum absolute atomic E-state index is 0.383. The average Bonchev–Trinajstić information content (AvgIpc) is 1.85. The molecule has 0 atom stereocenters. The van der Waals surface area contributed by atoms with Gasteiger partial charge in [0.15, 0.2) is 0 Å². The highest BCUT2D eigenvalue weighted by molar-refractivity contribution is 4.84. The Bertz CT molecular complexity index is 99.4. The van der Waals surface area contributed by atoms with E-state index in [0.29, 0.717) is 12.5 Å². The molecule has 0 heterocycles. The number of rotatable bonds is 3. The fourth-order valence-corrected chi connectivity index (χ4v) is 1.47. The van der Waals surface area contributed by atoms with E-state index in [-0.39, 0.29) is 0 Å². The molecule has 0 aromatic rings. The van der Waals surface area contributed by atoms with E-state index >= 15 is 0 Å². The van der Waals surface area contributed by atoms with Crippen LogP contribution in [0.25, 0.3) is 0 Å². The summed E-state index contributed by atoms with van der Waals surface area (Å²) in [7, 11) is 2.15. The van der Waals surface area contributed by atoms with Crippen molar-refractivity contribution in [3.8, 4) is 0 Å². The van der Waals surface area contributed by atoms with Crippen LogP contribution in [0.2, 0.25) is 0 Å². The molecule has 0 aliphatic heterocycles. The van der Waals surface area contributed by atoms with Gasteiger partial charge in [0.1, 0.15) is 0 Å². The summed E-state index contributed by atoms with van der Waals surface area (Å²) >= 11 is 0. The third kappa shape index (κ3) is 1.50. The molecule has 0 unspecified atom stereocenters. The Kier molecular flexibility index (Phi) is 2.69. The van der Waals surface area contributed by atoms with Crippen molar-refractivity contribution in [2.24, 2.45) is 5.92 Å². The first-order chi connectivity index (χ1) is 4.77. The second-order valence-corrected chi connectivity index (χ2v) is 3.25. The lowest BCUT2D eigenvalue weighted by Crippen LogP contribution is -2.43. The van der Waals surface area contributed by atoms with Gasteiger partial charge in [-0.05, 0) is 32.4 Å². The van der Waals surface area contributed by atoms with Crippen LogP contribution in [0.3, 0.4) is 0 Å². The molecule has 2 heteroatoms. The van der Waals surface area contributed by atoms with Crippen LogP contribution in [0.15, 0.2) is 0 Å². The lowest BCUT2D eigenvalue weighted by Gasteiger charge is -2.40. The maximum Gasteiger partial charge on any atom is 0.0460 e. The molecular weight excluding hydrogens is 126 g/mol. The van der Waals surface area contributed by atoms with Gasteiger partial charge < -0.3 is 10.0 Å². The highest BCUT2D eigenvalue weighted by Gasteiger charge is 2.30. The van der Waals surface area contributed by atoms with E-state index in [1.807, 2.05) is 0 Å². The van der Waals surface area contributed by atoms with Crippen LogP contribution in [-0.4, -0.2) is 36.2 Å². The normalized spacial score (nSPS) is 32.4. The fraction of sp³-hybridized carbons (Fsp3) is 1.00. The molecule has 10 heavy (non-hydrogen) atoms. The zero-order valence-electron chi connectivity index (χ0n) is 6.88. The van der Waals surface area contributed by atoms with E-state index < -0.39 is 0 Å². The maximum atomic E-state index is 8.74. The van der Waals surface area contributed by atoms with Crippen molar-refractivity contribution >= 4 is 0 Å². The molecule has 0 aromatic carbocycles. The Morgan fingerprint density at radius 2 is 2.10 bits per heavy atom. The van der Waals surface area contributed by atoms with E-state index in [9.17, 15) is 0 Å². The molecule has 1 saturated carbocycles. The third-order valence-electron chi connectivity index (χ3n) is 2.59. The first-order valence-corrected chi connectivity index (χ1v) is 4.09. The molecular formula is C8H17NO. The lowest BCUT2D eigenvalue weighted by molar-refractivity contribution is 0.0636. The van der Waals surface area contributed by atoms with E-state index in [2.05, 4.69) is 18.9 Å². The highest BCUT2D eigenvalue weighted by Crippen LogP contribution is 2.29. The van der Waals surface area contributed by atoms with Gasteiger partial charge in [-0.25, -0.2) is 0 Å². The predicted molar refractivity (Wildman–Crippen MR) is 41.9 cm³/mol. The van der Waals surface area contributed by atoms with E-state index in [0.717, 1.165) is 12.6 Å². The fourth-order valence-electron chi connectivity index (χ4n) is 1.47. The number of hydrogen-bond donors (Lipinski definition) is 1. The van der Waals surface area contributed by atoms with Crippen molar-refractivity contribution in [3.05, 3.63) is 0 Å². The van der Waals surface area contributed by atoms with Crippen LogP contribution < -0.4 is 0 Å². The molecule has 1 N–H and O–H groups in total. The Hall–Kier alpha value is -0.0800. The molecule has 0 amide bonds.